The minimum absolute atomic E-state index is 0.210. The lowest BCUT2D eigenvalue weighted by Crippen LogP contribution is -2.25. The third kappa shape index (κ3) is 6.31. The number of amides is 1. The Morgan fingerprint density at radius 2 is 1.79 bits per heavy atom. The van der Waals surface area contributed by atoms with E-state index in [-0.39, 0.29) is 22.2 Å². The average Bonchev–Trinajstić information content (AvgIpc) is 2.65. The van der Waals surface area contributed by atoms with Crippen LogP contribution in [-0.2, 0) is 16.4 Å². The first kappa shape index (κ1) is 21.8. The van der Waals surface area contributed by atoms with E-state index >= 15 is 0 Å². The van der Waals surface area contributed by atoms with Crippen LogP contribution in [0.5, 0.6) is 11.5 Å². The predicted octanol–water partition coefficient (Wildman–Crippen LogP) is 3.09. The Morgan fingerprint density at radius 1 is 1.07 bits per heavy atom. The van der Waals surface area contributed by atoms with Crippen LogP contribution in [0.4, 0.5) is 5.69 Å². The van der Waals surface area contributed by atoms with Crippen molar-refractivity contribution >= 4 is 33.2 Å². The zero-order chi connectivity index (χ0) is 20.7. The number of methoxy groups -OCH3 is 2. The van der Waals surface area contributed by atoms with E-state index < -0.39 is 10.0 Å². The summed E-state index contributed by atoms with van der Waals surface area (Å²) < 4.78 is 35.5. The van der Waals surface area contributed by atoms with E-state index in [9.17, 15) is 13.2 Å². The molecule has 0 saturated carbocycles. The molecule has 0 aromatic heterocycles. The molecule has 9 heteroatoms. The molecule has 0 aliphatic heterocycles. The minimum Gasteiger partial charge on any atom is -0.493 e. The SMILES string of the molecule is COc1ccc(CCCNC(=O)c2cc(NS(C)(=O)=O)ccc2Cl)cc1OC. The first-order valence-electron chi connectivity index (χ1n) is 8.50. The number of carbonyl (C=O) groups is 1. The molecule has 2 aromatic carbocycles. The van der Waals surface area contributed by atoms with Gasteiger partial charge in [0, 0.05) is 12.2 Å². The molecule has 2 aromatic rings. The Hall–Kier alpha value is -2.45. The van der Waals surface area contributed by atoms with Crippen LogP contribution >= 0.6 is 11.6 Å². The molecule has 7 nitrogen and oxygen atoms in total. The third-order valence-corrected chi connectivity index (χ3v) is 4.83. The number of sulfonamides is 1. The van der Waals surface area contributed by atoms with Crippen molar-refractivity contribution in [2.75, 3.05) is 31.7 Å². The van der Waals surface area contributed by atoms with Crippen LogP contribution < -0.4 is 19.5 Å². The molecule has 0 saturated heterocycles. The molecule has 0 radical (unpaired) electrons. The molecule has 2 rings (SSSR count). The maximum absolute atomic E-state index is 12.4. The average molecular weight is 427 g/mol. The van der Waals surface area contributed by atoms with Crippen molar-refractivity contribution in [3.05, 3.63) is 52.5 Å². The van der Waals surface area contributed by atoms with Gasteiger partial charge in [-0.25, -0.2) is 8.42 Å². The standard InChI is InChI=1S/C19H23ClN2O5S/c1-26-17-9-6-13(11-18(17)27-2)5-4-10-21-19(23)15-12-14(7-8-16(15)20)22-28(3,24)25/h6-9,11-12,22H,4-5,10H2,1-3H3,(H,21,23). The van der Waals surface area contributed by atoms with Crippen LogP contribution in [0.15, 0.2) is 36.4 Å². The molecule has 0 fully saturated rings. The molecule has 1 amide bonds. The topological polar surface area (TPSA) is 93.7 Å². The van der Waals surface area contributed by atoms with Gasteiger partial charge in [-0.15, -0.1) is 0 Å². The smallest absolute Gasteiger partial charge is 0.252 e. The van der Waals surface area contributed by atoms with Gasteiger partial charge in [0.2, 0.25) is 10.0 Å². The molecule has 0 heterocycles. The number of halogens is 1. The van der Waals surface area contributed by atoms with Gasteiger partial charge in [0.15, 0.2) is 11.5 Å². The van der Waals surface area contributed by atoms with Crippen LogP contribution in [0.3, 0.4) is 0 Å². The molecule has 0 bridgehead atoms. The first-order valence-corrected chi connectivity index (χ1v) is 10.8. The lowest BCUT2D eigenvalue weighted by molar-refractivity contribution is 0.0953. The fourth-order valence-electron chi connectivity index (χ4n) is 2.60. The summed E-state index contributed by atoms with van der Waals surface area (Å²) in [5, 5.41) is 3.04. The van der Waals surface area contributed by atoms with E-state index in [2.05, 4.69) is 10.0 Å². The highest BCUT2D eigenvalue weighted by atomic mass is 35.5. The number of hydrogen-bond acceptors (Lipinski definition) is 5. The van der Waals surface area contributed by atoms with Crippen molar-refractivity contribution in [3.8, 4) is 11.5 Å². The highest BCUT2D eigenvalue weighted by molar-refractivity contribution is 7.92. The number of rotatable bonds is 9. The number of hydrogen-bond donors (Lipinski definition) is 2. The minimum atomic E-state index is -3.44. The Bertz CT molecular complexity index is 947. The van der Waals surface area contributed by atoms with Gasteiger partial charge in [0.05, 0.1) is 31.1 Å². The summed E-state index contributed by atoms with van der Waals surface area (Å²) in [5.41, 5.74) is 1.55. The zero-order valence-electron chi connectivity index (χ0n) is 15.9. The fourth-order valence-corrected chi connectivity index (χ4v) is 3.36. The molecule has 0 unspecified atom stereocenters. The normalized spacial score (nSPS) is 11.0. The number of benzene rings is 2. The van der Waals surface area contributed by atoms with E-state index in [1.165, 1.54) is 18.2 Å². The lowest BCUT2D eigenvalue weighted by atomic mass is 10.1. The van der Waals surface area contributed by atoms with Crippen molar-refractivity contribution in [1.82, 2.24) is 5.32 Å². The second-order valence-electron chi connectivity index (χ2n) is 6.12. The monoisotopic (exact) mass is 426 g/mol. The van der Waals surface area contributed by atoms with Gasteiger partial charge >= 0.3 is 0 Å². The summed E-state index contributed by atoms with van der Waals surface area (Å²) in [4.78, 5) is 12.4. The first-order chi connectivity index (χ1) is 13.2. The van der Waals surface area contributed by atoms with Crippen LogP contribution in [0, 0.1) is 0 Å². The molecule has 0 aliphatic carbocycles. The summed E-state index contributed by atoms with van der Waals surface area (Å²) in [6, 6.07) is 10.1. The third-order valence-electron chi connectivity index (χ3n) is 3.89. The number of aryl methyl sites for hydroxylation is 1. The molecular formula is C19H23ClN2O5S. The summed E-state index contributed by atoms with van der Waals surface area (Å²) in [6.45, 7) is 0.438. The number of carbonyl (C=O) groups excluding carboxylic acids is 1. The van der Waals surface area contributed by atoms with Gasteiger partial charge in [-0.2, -0.15) is 0 Å². The van der Waals surface area contributed by atoms with E-state index in [4.69, 9.17) is 21.1 Å². The van der Waals surface area contributed by atoms with E-state index in [0.29, 0.717) is 24.5 Å². The molecule has 152 valence electrons. The molecular weight excluding hydrogens is 404 g/mol. The number of nitrogens with one attached hydrogen (secondary N) is 2. The van der Waals surface area contributed by atoms with Gasteiger partial charge in [0.25, 0.3) is 5.91 Å². The molecule has 28 heavy (non-hydrogen) atoms. The number of anilines is 1. The summed E-state index contributed by atoms with van der Waals surface area (Å²) >= 11 is 6.07. The Kier molecular flexibility index (Phi) is 7.53. The van der Waals surface area contributed by atoms with Crippen molar-refractivity contribution in [2.24, 2.45) is 0 Å². The lowest BCUT2D eigenvalue weighted by Gasteiger charge is -2.11. The van der Waals surface area contributed by atoms with Gasteiger partial charge < -0.3 is 14.8 Å². The van der Waals surface area contributed by atoms with Crippen LogP contribution in [0.2, 0.25) is 5.02 Å². The Morgan fingerprint density at radius 3 is 2.43 bits per heavy atom. The Balaban J connectivity index is 1.93. The number of ether oxygens (including phenoxy) is 2. The zero-order valence-corrected chi connectivity index (χ0v) is 17.5. The Labute approximate surface area is 170 Å². The maximum atomic E-state index is 12.4. The molecule has 0 spiro atoms. The van der Waals surface area contributed by atoms with Crippen molar-refractivity contribution < 1.29 is 22.7 Å². The van der Waals surface area contributed by atoms with E-state index in [1.807, 2.05) is 18.2 Å². The maximum Gasteiger partial charge on any atom is 0.252 e. The van der Waals surface area contributed by atoms with Gasteiger partial charge in [-0.1, -0.05) is 17.7 Å². The van der Waals surface area contributed by atoms with Crippen LogP contribution in [0.1, 0.15) is 22.3 Å². The van der Waals surface area contributed by atoms with Gasteiger partial charge in [0.1, 0.15) is 0 Å². The van der Waals surface area contributed by atoms with E-state index in [1.54, 1.807) is 14.2 Å². The second-order valence-corrected chi connectivity index (χ2v) is 8.27. The highest BCUT2D eigenvalue weighted by Crippen LogP contribution is 2.28. The summed E-state index contributed by atoms with van der Waals surface area (Å²) in [6.07, 6.45) is 2.49. The fraction of sp³-hybridized carbons (Fsp3) is 0.316. The molecule has 0 aliphatic rings. The second kappa shape index (κ2) is 9.66. The highest BCUT2D eigenvalue weighted by Gasteiger charge is 2.12. The quantitative estimate of drug-likeness (QED) is 0.601. The van der Waals surface area contributed by atoms with Gasteiger partial charge in [-0.3, -0.25) is 9.52 Å². The molecule has 2 N–H and O–H groups in total. The van der Waals surface area contributed by atoms with Gasteiger partial charge in [-0.05, 0) is 48.7 Å². The van der Waals surface area contributed by atoms with Crippen LogP contribution in [-0.4, -0.2) is 41.3 Å². The van der Waals surface area contributed by atoms with Crippen molar-refractivity contribution in [3.63, 3.8) is 0 Å². The molecule has 0 atom stereocenters. The van der Waals surface area contributed by atoms with Crippen molar-refractivity contribution in [2.45, 2.75) is 12.8 Å². The largest absolute Gasteiger partial charge is 0.493 e. The predicted molar refractivity (Wildman–Crippen MR) is 110 cm³/mol. The van der Waals surface area contributed by atoms with Crippen molar-refractivity contribution in [1.29, 1.82) is 0 Å². The van der Waals surface area contributed by atoms with Crippen LogP contribution in [0.25, 0.3) is 0 Å². The van der Waals surface area contributed by atoms with E-state index in [0.717, 1.165) is 18.2 Å². The summed E-state index contributed by atoms with van der Waals surface area (Å²) in [7, 11) is -0.275. The summed E-state index contributed by atoms with van der Waals surface area (Å²) in [5.74, 6) is 0.956.